The Bertz CT molecular complexity index is 844. The molecule has 2 amide bonds. The maximum Gasteiger partial charge on any atom is 0.338 e. The number of benzene rings is 2. The van der Waals surface area contributed by atoms with Crippen molar-refractivity contribution in [3.63, 3.8) is 0 Å². The van der Waals surface area contributed by atoms with E-state index in [0.29, 0.717) is 11.1 Å². The van der Waals surface area contributed by atoms with Crippen molar-refractivity contribution < 1.29 is 28.7 Å². The highest BCUT2D eigenvalue weighted by Gasteiger charge is 2.12. The van der Waals surface area contributed by atoms with Gasteiger partial charge in [0.05, 0.1) is 24.8 Å². The highest BCUT2D eigenvalue weighted by molar-refractivity contribution is 6.00. The second kappa shape index (κ2) is 9.14. The number of carbonyl (C=O) groups excluding carboxylic acids is 4. The predicted octanol–water partition coefficient (Wildman–Crippen LogP) is 1.72. The summed E-state index contributed by atoms with van der Waals surface area (Å²) in [7, 11) is 1.26. The monoisotopic (exact) mass is 370 g/mol. The summed E-state index contributed by atoms with van der Waals surface area (Å²) in [5.74, 6) is -2.09. The Morgan fingerprint density at radius 1 is 0.704 bits per heavy atom. The van der Waals surface area contributed by atoms with E-state index in [9.17, 15) is 19.2 Å². The Hall–Kier alpha value is -3.68. The van der Waals surface area contributed by atoms with Gasteiger partial charge in [0.1, 0.15) is 0 Å². The second-order valence-electron chi connectivity index (χ2n) is 5.28. The van der Waals surface area contributed by atoms with Gasteiger partial charge in [-0.15, -0.1) is 0 Å². The van der Waals surface area contributed by atoms with Gasteiger partial charge in [-0.25, -0.2) is 9.59 Å². The number of amides is 2. The summed E-state index contributed by atoms with van der Waals surface area (Å²) in [6.07, 6.45) is 0. The first kappa shape index (κ1) is 19.6. The lowest BCUT2D eigenvalue weighted by Crippen LogP contribution is -2.41. The van der Waals surface area contributed by atoms with Crippen molar-refractivity contribution >= 4 is 23.8 Å². The van der Waals surface area contributed by atoms with Crippen molar-refractivity contribution in [2.75, 3.05) is 13.7 Å². The smallest absolute Gasteiger partial charge is 0.338 e. The first-order chi connectivity index (χ1) is 13.0. The van der Waals surface area contributed by atoms with Crippen LogP contribution in [0.4, 0.5) is 0 Å². The van der Waals surface area contributed by atoms with E-state index in [-0.39, 0.29) is 17.7 Å². The average molecular weight is 370 g/mol. The first-order valence-corrected chi connectivity index (χ1v) is 8.02. The number of nitrogens with one attached hydrogen (secondary N) is 2. The van der Waals surface area contributed by atoms with Crippen LogP contribution in [0.1, 0.15) is 48.4 Å². The summed E-state index contributed by atoms with van der Waals surface area (Å²) in [6, 6.07) is 11.6. The third-order valence-corrected chi connectivity index (χ3v) is 3.52. The van der Waals surface area contributed by atoms with Gasteiger partial charge < -0.3 is 9.47 Å². The minimum absolute atomic E-state index is 0.251. The Labute approximate surface area is 155 Å². The molecule has 0 unspecified atom stereocenters. The van der Waals surface area contributed by atoms with Crippen molar-refractivity contribution in [3.8, 4) is 0 Å². The lowest BCUT2D eigenvalue weighted by atomic mass is 10.1. The van der Waals surface area contributed by atoms with Crippen LogP contribution in [-0.2, 0) is 9.47 Å². The number of hydrogen-bond acceptors (Lipinski definition) is 6. The summed E-state index contributed by atoms with van der Waals surface area (Å²) < 4.78 is 9.44. The van der Waals surface area contributed by atoms with E-state index in [2.05, 4.69) is 15.6 Å². The van der Waals surface area contributed by atoms with Crippen molar-refractivity contribution in [3.05, 3.63) is 70.8 Å². The number of rotatable bonds is 5. The molecule has 27 heavy (non-hydrogen) atoms. The number of esters is 2. The van der Waals surface area contributed by atoms with Crippen molar-refractivity contribution in [1.29, 1.82) is 0 Å². The van der Waals surface area contributed by atoms with Crippen LogP contribution >= 0.6 is 0 Å². The van der Waals surface area contributed by atoms with E-state index in [1.54, 1.807) is 6.92 Å². The number of hydrogen-bond donors (Lipinski definition) is 2. The first-order valence-electron chi connectivity index (χ1n) is 8.02. The molecule has 0 aliphatic carbocycles. The quantitative estimate of drug-likeness (QED) is 0.612. The zero-order chi connectivity index (χ0) is 19.8. The van der Waals surface area contributed by atoms with Gasteiger partial charge in [0.25, 0.3) is 11.8 Å². The molecule has 0 aromatic heterocycles. The molecule has 140 valence electrons. The normalized spacial score (nSPS) is 9.85. The molecular weight excluding hydrogens is 352 g/mol. The second-order valence-corrected chi connectivity index (χ2v) is 5.28. The zero-order valence-corrected chi connectivity index (χ0v) is 14.8. The molecule has 2 aromatic rings. The SMILES string of the molecule is CCOC(=O)c1ccc(C(=O)NNC(=O)c2ccc(C(=O)OC)cc2)cc1. The molecule has 0 saturated heterocycles. The molecule has 0 aliphatic heterocycles. The summed E-state index contributed by atoms with van der Waals surface area (Å²) in [4.78, 5) is 47.0. The van der Waals surface area contributed by atoms with Gasteiger partial charge in [-0.2, -0.15) is 0 Å². The van der Waals surface area contributed by atoms with Crippen LogP contribution < -0.4 is 10.9 Å². The molecule has 0 radical (unpaired) electrons. The lowest BCUT2D eigenvalue weighted by Gasteiger charge is -2.08. The molecule has 0 bridgehead atoms. The summed E-state index contributed by atoms with van der Waals surface area (Å²) in [5, 5.41) is 0. The maximum absolute atomic E-state index is 12.1. The number of hydrazine groups is 1. The summed E-state index contributed by atoms with van der Waals surface area (Å²) in [5.41, 5.74) is 5.68. The van der Waals surface area contributed by atoms with E-state index < -0.39 is 23.8 Å². The Balaban J connectivity index is 1.93. The van der Waals surface area contributed by atoms with Crippen LogP contribution in [0.25, 0.3) is 0 Å². The van der Waals surface area contributed by atoms with Gasteiger partial charge in [0.15, 0.2) is 0 Å². The summed E-state index contributed by atoms with van der Waals surface area (Å²) >= 11 is 0. The van der Waals surface area contributed by atoms with Crippen LogP contribution in [0.3, 0.4) is 0 Å². The van der Waals surface area contributed by atoms with E-state index in [0.717, 1.165) is 0 Å². The fourth-order valence-corrected chi connectivity index (χ4v) is 2.11. The molecule has 2 N–H and O–H groups in total. The van der Waals surface area contributed by atoms with E-state index in [1.807, 2.05) is 0 Å². The predicted molar refractivity (Wildman–Crippen MR) is 95.1 cm³/mol. The minimum atomic E-state index is -0.553. The van der Waals surface area contributed by atoms with Crippen LogP contribution in [0.2, 0.25) is 0 Å². The van der Waals surface area contributed by atoms with Gasteiger partial charge in [0, 0.05) is 11.1 Å². The van der Waals surface area contributed by atoms with Crippen LogP contribution in [-0.4, -0.2) is 37.5 Å². The number of methoxy groups -OCH3 is 1. The lowest BCUT2D eigenvalue weighted by molar-refractivity contribution is 0.0525. The average Bonchev–Trinajstić information content (AvgIpc) is 2.71. The van der Waals surface area contributed by atoms with Crippen LogP contribution in [0, 0.1) is 0 Å². The minimum Gasteiger partial charge on any atom is -0.465 e. The van der Waals surface area contributed by atoms with Gasteiger partial charge in [-0.05, 0) is 55.5 Å². The van der Waals surface area contributed by atoms with Crippen molar-refractivity contribution in [1.82, 2.24) is 10.9 Å². The standard InChI is InChI=1S/C19H18N2O6/c1-3-27-19(25)15-10-6-13(7-11-15)17(23)21-20-16(22)12-4-8-14(9-5-12)18(24)26-2/h4-11H,3H2,1-2H3,(H,20,22)(H,21,23). The third-order valence-electron chi connectivity index (χ3n) is 3.52. The molecule has 2 rings (SSSR count). The van der Waals surface area contributed by atoms with Gasteiger partial charge >= 0.3 is 11.9 Å². The molecule has 0 heterocycles. The highest BCUT2D eigenvalue weighted by atomic mass is 16.5. The zero-order valence-electron chi connectivity index (χ0n) is 14.8. The molecule has 0 atom stereocenters. The molecule has 2 aromatic carbocycles. The fraction of sp³-hybridized carbons (Fsp3) is 0.158. The molecule has 0 spiro atoms. The Morgan fingerprint density at radius 3 is 1.44 bits per heavy atom. The van der Waals surface area contributed by atoms with Crippen LogP contribution in [0.15, 0.2) is 48.5 Å². The van der Waals surface area contributed by atoms with Crippen molar-refractivity contribution in [2.24, 2.45) is 0 Å². The van der Waals surface area contributed by atoms with Crippen LogP contribution in [0.5, 0.6) is 0 Å². The van der Waals surface area contributed by atoms with Crippen molar-refractivity contribution in [2.45, 2.75) is 6.92 Å². The van der Waals surface area contributed by atoms with E-state index in [1.165, 1.54) is 55.6 Å². The topological polar surface area (TPSA) is 111 Å². The van der Waals surface area contributed by atoms with Gasteiger partial charge in [-0.3, -0.25) is 20.4 Å². The third kappa shape index (κ3) is 5.15. The molecule has 0 aliphatic rings. The molecule has 8 heteroatoms. The van der Waals surface area contributed by atoms with E-state index >= 15 is 0 Å². The summed E-state index contributed by atoms with van der Waals surface area (Å²) in [6.45, 7) is 1.96. The van der Waals surface area contributed by atoms with Gasteiger partial charge in [0.2, 0.25) is 0 Å². The highest BCUT2D eigenvalue weighted by Crippen LogP contribution is 2.07. The Kier molecular flexibility index (Phi) is 6.65. The fourth-order valence-electron chi connectivity index (χ4n) is 2.11. The Morgan fingerprint density at radius 2 is 1.07 bits per heavy atom. The van der Waals surface area contributed by atoms with Gasteiger partial charge in [-0.1, -0.05) is 0 Å². The largest absolute Gasteiger partial charge is 0.465 e. The maximum atomic E-state index is 12.1. The molecule has 0 saturated carbocycles. The number of carbonyl (C=O) groups is 4. The molecule has 8 nitrogen and oxygen atoms in total. The molecule has 0 fully saturated rings. The molecular formula is C19H18N2O6. The van der Waals surface area contributed by atoms with E-state index in [4.69, 9.17) is 4.74 Å². The number of ether oxygens (including phenoxy) is 2.